The van der Waals surface area contributed by atoms with Gasteiger partial charge in [0.05, 0.1) is 11.4 Å². The summed E-state index contributed by atoms with van der Waals surface area (Å²) in [5, 5.41) is 12.2. The third-order valence-corrected chi connectivity index (χ3v) is 4.82. The van der Waals surface area contributed by atoms with E-state index in [1.54, 1.807) is 7.05 Å². The standard InChI is InChI=1S/C18H20Cl2F2N4O2/c1-25-16(12(19)8-24)11-6-15(28-17(11)20)18(27)26-10(7-23)4-9-2-3-13(21)14(22)5-9/h2-3,5-6,8,10,12,16,24-25H,4,7,23H2,1H3,(H,26,27). The Morgan fingerprint density at radius 2 is 2.07 bits per heavy atom. The van der Waals surface area contributed by atoms with Crippen LogP contribution in [0, 0.1) is 17.0 Å². The van der Waals surface area contributed by atoms with Crippen molar-refractivity contribution in [2.75, 3.05) is 13.6 Å². The fourth-order valence-electron chi connectivity index (χ4n) is 2.69. The number of benzene rings is 1. The molecule has 10 heteroatoms. The van der Waals surface area contributed by atoms with E-state index in [0.717, 1.165) is 18.3 Å². The minimum absolute atomic E-state index is 0.0260. The first kappa shape index (κ1) is 22.3. The maximum Gasteiger partial charge on any atom is 0.287 e. The van der Waals surface area contributed by atoms with Crippen LogP contribution in [0.5, 0.6) is 0 Å². The van der Waals surface area contributed by atoms with Gasteiger partial charge in [-0.1, -0.05) is 6.07 Å². The SMILES string of the molecule is CNC(c1cc(C(=O)NC(CN)Cc2ccc(F)c(F)c2)oc1Cl)C(Cl)C=N. The Morgan fingerprint density at radius 1 is 1.36 bits per heavy atom. The fourth-order valence-corrected chi connectivity index (χ4v) is 3.21. The minimum atomic E-state index is -0.970. The molecule has 0 saturated heterocycles. The lowest BCUT2D eigenvalue weighted by atomic mass is 10.1. The lowest BCUT2D eigenvalue weighted by Gasteiger charge is -2.17. The highest BCUT2D eigenvalue weighted by Gasteiger charge is 2.26. The molecule has 3 unspecified atom stereocenters. The number of halogens is 4. The molecule has 0 fully saturated rings. The second kappa shape index (κ2) is 9.97. The summed E-state index contributed by atoms with van der Waals surface area (Å²) in [4.78, 5) is 12.5. The molecule has 3 atom stereocenters. The zero-order chi connectivity index (χ0) is 20.8. The fraction of sp³-hybridized carbons (Fsp3) is 0.333. The van der Waals surface area contributed by atoms with Gasteiger partial charge in [-0.05, 0) is 48.8 Å². The Morgan fingerprint density at radius 3 is 2.64 bits per heavy atom. The second-order valence-corrected chi connectivity index (χ2v) is 6.92. The normalized spacial score (nSPS) is 14.4. The number of carbonyl (C=O) groups is 1. The topological polar surface area (TPSA) is 104 Å². The molecule has 2 aromatic rings. The van der Waals surface area contributed by atoms with Crippen molar-refractivity contribution in [1.82, 2.24) is 10.6 Å². The molecule has 28 heavy (non-hydrogen) atoms. The van der Waals surface area contributed by atoms with E-state index in [1.807, 2.05) is 0 Å². The smallest absolute Gasteiger partial charge is 0.287 e. The number of hydrogen-bond donors (Lipinski definition) is 4. The van der Waals surface area contributed by atoms with E-state index in [2.05, 4.69) is 10.6 Å². The number of nitrogens with one attached hydrogen (secondary N) is 3. The van der Waals surface area contributed by atoms with Crippen LogP contribution < -0.4 is 16.4 Å². The van der Waals surface area contributed by atoms with Gasteiger partial charge in [-0.2, -0.15) is 0 Å². The summed E-state index contributed by atoms with van der Waals surface area (Å²) in [7, 11) is 1.64. The van der Waals surface area contributed by atoms with Gasteiger partial charge in [-0.3, -0.25) is 4.79 Å². The van der Waals surface area contributed by atoms with Crippen molar-refractivity contribution in [2.24, 2.45) is 5.73 Å². The highest BCUT2D eigenvalue weighted by Crippen LogP contribution is 2.30. The molecule has 1 amide bonds. The Hall–Kier alpha value is -2.00. The molecule has 0 saturated carbocycles. The van der Waals surface area contributed by atoms with Crippen molar-refractivity contribution in [2.45, 2.75) is 23.9 Å². The quantitative estimate of drug-likeness (QED) is 0.361. The van der Waals surface area contributed by atoms with Crippen LogP contribution >= 0.6 is 23.2 Å². The molecular formula is C18H20Cl2F2N4O2. The molecule has 0 aliphatic carbocycles. The van der Waals surface area contributed by atoms with Crippen LogP contribution in [0.4, 0.5) is 8.78 Å². The number of carbonyl (C=O) groups excluding carboxylic acids is 1. The Bertz CT molecular complexity index is 847. The van der Waals surface area contributed by atoms with Crippen molar-refractivity contribution in [3.63, 3.8) is 0 Å². The molecule has 0 spiro atoms. The summed E-state index contributed by atoms with van der Waals surface area (Å²) in [6.07, 6.45) is 1.25. The highest BCUT2D eigenvalue weighted by atomic mass is 35.5. The molecule has 2 rings (SSSR count). The molecule has 0 aliphatic rings. The van der Waals surface area contributed by atoms with Gasteiger partial charge in [0, 0.05) is 24.4 Å². The Labute approximate surface area is 170 Å². The molecule has 152 valence electrons. The summed E-state index contributed by atoms with van der Waals surface area (Å²) in [5.74, 6) is -2.54. The van der Waals surface area contributed by atoms with Crippen LogP contribution in [-0.2, 0) is 6.42 Å². The Kier molecular flexibility index (Phi) is 7.94. The molecule has 1 aromatic heterocycles. The van der Waals surface area contributed by atoms with Crippen molar-refractivity contribution in [3.8, 4) is 0 Å². The van der Waals surface area contributed by atoms with E-state index in [4.69, 9.17) is 38.8 Å². The lowest BCUT2D eigenvalue weighted by molar-refractivity contribution is 0.0910. The van der Waals surface area contributed by atoms with Gasteiger partial charge >= 0.3 is 0 Å². The van der Waals surface area contributed by atoms with Gasteiger partial charge in [-0.25, -0.2) is 8.78 Å². The first-order valence-corrected chi connectivity index (χ1v) is 9.18. The second-order valence-electron chi connectivity index (χ2n) is 6.08. The first-order valence-electron chi connectivity index (χ1n) is 8.36. The van der Waals surface area contributed by atoms with Gasteiger partial charge in [0.15, 0.2) is 22.6 Å². The van der Waals surface area contributed by atoms with Gasteiger partial charge < -0.3 is 26.2 Å². The van der Waals surface area contributed by atoms with E-state index in [1.165, 1.54) is 12.1 Å². The average Bonchev–Trinajstić information content (AvgIpc) is 3.06. The third-order valence-electron chi connectivity index (χ3n) is 4.15. The summed E-state index contributed by atoms with van der Waals surface area (Å²) < 4.78 is 31.7. The molecule has 0 radical (unpaired) electrons. The maximum absolute atomic E-state index is 13.4. The molecule has 6 nitrogen and oxygen atoms in total. The van der Waals surface area contributed by atoms with Crippen LogP contribution in [0.2, 0.25) is 5.22 Å². The van der Waals surface area contributed by atoms with Crippen LogP contribution in [-0.4, -0.2) is 37.1 Å². The first-order chi connectivity index (χ1) is 13.3. The molecule has 1 aromatic carbocycles. The van der Waals surface area contributed by atoms with Crippen molar-refractivity contribution >= 4 is 35.3 Å². The monoisotopic (exact) mass is 432 g/mol. The maximum atomic E-state index is 13.4. The van der Waals surface area contributed by atoms with E-state index in [9.17, 15) is 13.6 Å². The van der Waals surface area contributed by atoms with Crippen LogP contribution in [0.3, 0.4) is 0 Å². The number of furan rings is 1. The number of nitrogens with two attached hydrogens (primary N) is 1. The minimum Gasteiger partial charge on any atom is -0.439 e. The van der Waals surface area contributed by atoms with Crippen molar-refractivity contribution < 1.29 is 18.0 Å². The molecule has 5 N–H and O–H groups in total. The molecule has 0 bridgehead atoms. The van der Waals surface area contributed by atoms with Gasteiger partial charge in [-0.15, -0.1) is 11.6 Å². The van der Waals surface area contributed by atoms with Crippen LogP contribution in [0.25, 0.3) is 0 Å². The molecule has 1 heterocycles. The van der Waals surface area contributed by atoms with Gasteiger partial charge in [0.1, 0.15) is 0 Å². The van der Waals surface area contributed by atoms with E-state index in [-0.39, 0.29) is 23.9 Å². The number of hydrogen-bond acceptors (Lipinski definition) is 5. The number of rotatable bonds is 9. The summed E-state index contributed by atoms with van der Waals surface area (Å²) in [6.45, 7) is 0.0722. The summed E-state index contributed by atoms with van der Waals surface area (Å²) in [5.41, 5.74) is 6.60. The molecular weight excluding hydrogens is 413 g/mol. The average molecular weight is 433 g/mol. The van der Waals surface area contributed by atoms with E-state index < -0.39 is 35.0 Å². The Balaban J connectivity index is 2.13. The third kappa shape index (κ3) is 5.29. The largest absolute Gasteiger partial charge is 0.439 e. The van der Waals surface area contributed by atoms with Crippen LogP contribution in [0.1, 0.15) is 27.7 Å². The summed E-state index contributed by atoms with van der Waals surface area (Å²) in [6, 6.07) is 3.87. The van der Waals surface area contributed by atoms with E-state index >= 15 is 0 Å². The zero-order valence-corrected chi connectivity index (χ0v) is 16.5. The van der Waals surface area contributed by atoms with Crippen molar-refractivity contribution in [3.05, 3.63) is 58.0 Å². The molecule has 0 aliphatic heterocycles. The van der Waals surface area contributed by atoms with Gasteiger partial charge in [0.25, 0.3) is 5.91 Å². The van der Waals surface area contributed by atoms with Crippen LogP contribution in [0.15, 0.2) is 28.7 Å². The summed E-state index contributed by atoms with van der Waals surface area (Å²) >= 11 is 12.1. The van der Waals surface area contributed by atoms with Gasteiger partial charge in [0.2, 0.25) is 0 Å². The van der Waals surface area contributed by atoms with E-state index in [0.29, 0.717) is 11.1 Å². The zero-order valence-electron chi connectivity index (χ0n) is 14.9. The predicted molar refractivity (Wildman–Crippen MR) is 104 cm³/mol. The highest BCUT2D eigenvalue weighted by molar-refractivity contribution is 6.31. The van der Waals surface area contributed by atoms with Crippen molar-refractivity contribution in [1.29, 1.82) is 5.41 Å². The number of alkyl halides is 1. The predicted octanol–water partition coefficient (Wildman–Crippen LogP) is 3.03. The lowest BCUT2D eigenvalue weighted by Crippen LogP contribution is -2.41. The number of amides is 1.